The summed E-state index contributed by atoms with van der Waals surface area (Å²) >= 11 is 0. The van der Waals surface area contributed by atoms with Gasteiger partial charge in [-0.2, -0.15) is 5.10 Å². The van der Waals surface area contributed by atoms with Crippen molar-refractivity contribution < 1.29 is 4.79 Å². The molecule has 0 aliphatic heterocycles. The summed E-state index contributed by atoms with van der Waals surface area (Å²) in [6.45, 7) is 5.28. The number of aryl methyl sites for hydroxylation is 1. The van der Waals surface area contributed by atoms with Gasteiger partial charge in [0.15, 0.2) is 5.82 Å². The minimum atomic E-state index is 0.0236. The molecule has 2 aromatic rings. The number of hydrogen-bond acceptors (Lipinski definition) is 4. The van der Waals surface area contributed by atoms with Gasteiger partial charge in [0.25, 0.3) is 0 Å². The second-order valence-electron chi connectivity index (χ2n) is 4.90. The summed E-state index contributed by atoms with van der Waals surface area (Å²) < 4.78 is 3.77. The summed E-state index contributed by atoms with van der Waals surface area (Å²) in [5.74, 6) is 0.802. The van der Waals surface area contributed by atoms with E-state index in [4.69, 9.17) is 0 Å². The predicted octanol–water partition coefficient (Wildman–Crippen LogP) is 1.15. The lowest BCUT2D eigenvalue weighted by molar-refractivity contribution is -0.121. The lowest BCUT2D eigenvalue weighted by atomic mass is 10.3. The van der Waals surface area contributed by atoms with Crippen LogP contribution in [0, 0.1) is 0 Å². The highest BCUT2D eigenvalue weighted by Crippen LogP contribution is 2.06. The molecule has 0 spiro atoms. The zero-order valence-corrected chi connectivity index (χ0v) is 11.9. The Kier molecular flexibility index (Phi) is 4.86. The maximum Gasteiger partial charge on any atom is 0.220 e. The summed E-state index contributed by atoms with van der Waals surface area (Å²) in [7, 11) is 0. The molecule has 0 aromatic carbocycles. The summed E-state index contributed by atoms with van der Waals surface area (Å²) in [6.07, 6.45) is 6.56. The number of nitrogens with zero attached hydrogens (tertiary/aromatic N) is 5. The Morgan fingerprint density at radius 2 is 2.30 bits per heavy atom. The third kappa shape index (κ3) is 3.91. The van der Waals surface area contributed by atoms with E-state index >= 15 is 0 Å². The highest BCUT2D eigenvalue weighted by Gasteiger charge is 2.08. The fraction of sp³-hybridized carbons (Fsp3) is 0.538. The van der Waals surface area contributed by atoms with Crippen molar-refractivity contribution in [2.45, 2.75) is 45.8 Å². The highest BCUT2D eigenvalue weighted by atomic mass is 16.1. The molecule has 0 saturated heterocycles. The fourth-order valence-electron chi connectivity index (χ4n) is 1.92. The molecule has 1 N–H and O–H groups in total. The first kappa shape index (κ1) is 14.2. The fourth-order valence-corrected chi connectivity index (χ4v) is 1.92. The van der Waals surface area contributed by atoms with Crippen LogP contribution in [-0.4, -0.2) is 30.5 Å². The van der Waals surface area contributed by atoms with Crippen LogP contribution < -0.4 is 5.32 Å². The summed E-state index contributed by atoms with van der Waals surface area (Å²) in [6, 6.07) is 2.16. The first-order valence-corrected chi connectivity index (χ1v) is 6.79. The Bertz CT molecular complexity index is 531. The van der Waals surface area contributed by atoms with Gasteiger partial charge in [-0.05, 0) is 26.3 Å². The molecule has 0 aliphatic rings. The minimum absolute atomic E-state index is 0.0236. The molecule has 0 aliphatic carbocycles. The van der Waals surface area contributed by atoms with E-state index < -0.39 is 0 Å². The maximum atomic E-state index is 11.7. The molecule has 2 heterocycles. The van der Waals surface area contributed by atoms with Crippen molar-refractivity contribution in [3.63, 3.8) is 0 Å². The number of carbonyl (C=O) groups excluding carboxylic acids is 1. The molecule has 2 aromatic heterocycles. The monoisotopic (exact) mass is 276 g/mol. The Labute approximate surface area is 118 Å². The molecule has 0 bridgehead atoms. The lowest BCUT2D eigenvalue weighted by Gasteiger charge is -2.10. The number of amides is 1. The normalized spacial score (nSPS) is 10.9. The number of nitrogens with one attached hydrogen (secondary N) is 1. The smallest absolute Gasteiger partial charge is 0.220 e. The standard InChI is InChI=1S/C13H20N6O/c1-11(2)19-10-15-17-12(19)9-14-13(20)5-3-7-18-8-4-6-16-18/h4,6,8,10-11H,3,5,7,9H2,1-2H3,(H,14,20). The maximum absolute atomic E-state index is 11.7. The van der Waals surface area contributed by atoms with Gasteiger partial charge in [-0.25, -0.2) is 0 Å². The van der Waals surface area contributed by atoms with Crippen LogP contribution in [0.15, 0.2) is 24.8 Å². The molecule has 0 fully saturated rings. The van der Waals surface area contributed by atoms with Gasteiger partial charge in [0.1, 0.15) is 6.33 Å². The number of hydrogen-bond donors (Lipinski definition) is 1. The van der Waals surface area contributed by atoms with Crippen LogP contribution in [0.4, 0.5) is 0 Å². The van der Waals surface area contributed by atoms with E-state index in [0.717, 1.165) is 18.8 Å². The van der Waals surface area contributed by atoms with Gasteiger partial charge in [-0.15, -0.1) is 10.2 Å². The largest absolute Gasteiger partial charge is 0.349 e. The van der Waals surface area contributed by atoms with Crippen molar-refractivity contribution in [1.29, 1.82) is 0 Å². The second kappa shape index (κ2) is 6.83. The molecule has 0 radical (unpaired) electrons. The third-order valence-corrected chi connectivity index (χ3v) is 3.00. The SMILES string of the molecule is CC(C)n1cnnc1CNC(=O)CCCn1cccn1. The molecule has 108 valence electrons. The average Bonchev–Trinajstić information content (AvgIpc) is 3.07. The van der Waals surface area contributed by atoms with Crippen molar-refractivity contribution in [3.8, 4) is 0 Å². The quantitative estimate of drug-likeness (QED) is 0.823. The zero-order chi connectivity index (χ0) is 14.4. The van der Waals surface area contributed by atoms with Crippen LogP contribution in [0.25, 0.3) is 0 Å². The number of aromatic nitrogens is 5. The van der Waals surface area contributed by atoms with Crippen LogP contribution in [0.2, 0.25) is 0 Å². The van der Waals surface area contributed by atoms with E-state index in [1.54, 1.807) is 12.5 Å². The molecule has 1 amide bonds. The van der Waals surface area contributed by atoms with Gasteiger partial charge < -0.3 is 9.88 Å². The van der Waals surface area contributed by atoms with Crippen LogP contribution in [0.1, 0.15) is 38.6 Å². The number of carbonyl (C=O) groups is 1. The van der Waals surface area contributed by atoms with Crippen molar-refractivity contribution in [1.82, 2.24) is 29.9 Å². The molecule has 0 unspecified atom stereocenters. The van der Waals surface area contributed by atoms with Gasteiger partial charge >= 0.3 is 0 Å². The Morgan fingerprint density at radius 1 is 1.45 bits per heavy atom. The second-order valence-corrected chi connectivity index (χ2v) is 4.90. The van der Waals surface area contributed by atoms with Gasteiger partial charge in [-0.3, -0.25) is 9.48 Å². The molecule has 0 saturated carbocycles. The van der Waals surface area contributed by atoms with E-state index in [0.29, 0.717) is 13.0 Å². The van der Waals surface area contributed by atoms with Gasteiger partial charge in [0, 0.05) is 31.4 Å². The Morgan fingerprint density at radius 3 is 3.00 bits per heavy atom. The van der Waals surface area contributed by atoms with Gasteiger partial charge in [0.2, 0.25) is 5.91 Å². The van der Waals surface area contributed by atoms with Crippen LogP contribution in [0.5, 0.6) is 0 Å². The molecule has 7 nitrogen and oxygen atoms in total. The number of rotatable bonds is 7. The topological polar surface area (TPSA) is 77.6 Å². The molecule has 20 heavy (non-hydrogen) atoms. The third-order valence-electron chi connectivity index (χ3n) is 3.00. The Balaban J connectivity index is 1.71. The summed E-state index contributed by atoms with van der Waals surface area (Å²) in [4.78, 5) is 11.7. The zero-order valence-electron chi connectivity index (χ0n) is 11.9. The molecular formula is C13H20N6O. The van der Waals surface area contributed by atoms with Gasteiger partial charge in [0.05, 0.1) is 6.54 Å². The van der Waals surface area contributed by atoms with Crippen LogP contribution in [0.3, 0.4) is 0 Å². The molecular weight excluding hydrogens is 256 g/mol. The summed E-state index contributed by atoms with van der Waals surface area (Å²) in [5.41, 5.74) is 0. The highest BCUT2D eigenvalue weighted by molar-refractivity contribution is 5.75. The van der Waals surface area contributed by atoms with E-state index in [-0.39, 0.29) is 11.9 Å². The predicted molar refractivity (Wildman–Crippen MR) is 73.7 cm³/mol. The lowest BCUT2D eigenvalue weighted by Crippen LogP contribution is -2.25. The molecule has 7 heteroatoms. The molecule has 2 rings (SSSR count). The van der Waals surface area contributed by atoms with Crippen molar-refractivity contribution in [3.05, 3.63) is 30.6 Å². The molecule has 0 atom stereocenters. The van der Waals surface area contributed by atoms with Crippen molar-refractivity contribution in [2.24, 2.45) is 0 Å². The van der Waals surface area contributed by atoms with E-state index in [9.17, 15) is 4.79 Å². The average molecular weight is 276 g/mol. The minimum Gasteiger partial charge on any atom is -0.349 e. The Hall–Kier alpha value is -2.18. The first-order chi connectivity index (χ1) is 9.66. The van der Waals surface area contributed by atoms with E-state index in [2.05, 4.69) is 34.5 Å². The van der Waals surface area contributed by atoms with Crippen molar-refractivity contribution in [2.75, 3.05) is 0 Å². The van der Waals surface area contributed by atoms with E-state index in [1.165, 1.54) is 0 Å². The van der Waals surface area contributed by atoms with Crippen molar-refractivity contribution >= 4 is 5.91 Å². The summed E-state index contributed by atoms with van der Waals surface area (Å²) in [5, 5.41) is 14.8. The van der Waals surface area contributed by atoms with Crippen LogP contribution >= 0.6 is 0 Å². The van der Waals surface area contributed by atoms with Crippen LogP contribution in [-0.2, 0) is 17.9 Å². The van der Waals surface area contributed by atoms with E-state index in [1.807, 2.05) is 21.5 Å². The first-order valence-electron chi connectivity index (χ1n) is 6.79. The van der Waals surface area contributed by atoms with Gasteiger partial charge in [-0.1, -0.05) is 0 Å².